The first kappa shape index (κ1) is 35.6. The van der Waals surface area contributed by atoms with Gasteiger partial charge in [0.1, 0.15) is 11.9 Å². The predicted octanol–water partition coefficient (Wildman–Crippen LogP) is 5.84. The monoisotopic (exact) mass is 702 g/mol. The number of carbonyl (C=O) groups excluding carboxylic acids is 4. The van der Waals surface area contributed by atoms with Gasteiger partial charge in [0.25, 0.3) is 0 Å². The lowest BCUT2D eigenvalue weighted by Gasteiger charge is -2.41. The van der Waals surface area contributed by atoms with Crippen LogP contribution < -0.4 is 5.73 Å². The first-order chi connectivity index (χ1) is 23.6. The molecule has 254 valence electrons. The lowest BCUT2D eigenvalue weighted by atomic mass is 9.88. The van der Waals surface area contributed by atoms with Crippen molar-refractivity contribution in [3.63, 3.8) is 0 Å². The van der Waals surface area contributed by atoms with Crippen molar-refractivity contribution < 1.29 is 23.6 Å². The molecule has 49 heavy (non-hydrogen) atoms. The summed E-state index contributed by atoms with van der Waals surface area (Å²) >= 11 is 12.4. The zero-order valence-electron chi connectivity index (χ0n) is 26.8. The van der Waals surface area contributed by atoms with Crippen LogP contribution in [0.15, 0.2) is 103 Å². The zero-order valence-corrected chi connectivity index (χ0v) is 28.3. The third-order valence-corrected chi connectivity index (χ3v) is 9.29. The van der Waals surface area contributed by atoms with Gasteiger partial charge >= 0.3 is 0 Å². The number of nitrogens with two attached hydrogens (primary N) is 1. The number of hydrogen-bond acceptors (Lipinski definition) is 4. The molecule has 0 radical (unpaired) electrons. The van der Waals surface area contributed by atoms with Gasteiger partial charge in [-0.2, -0.15) is 0 Å². The second-order valence-electron chi connectivity index (χ2n) is 12.1. The molecule has 1 aliphatic heterocycles. The van der Waals surface area contributed by atoms with Gasteiger partial charge in [0.05, 0.1) is 19.5 Å². The molecule has 2 N–H and O–H groups in total. The van der Waals surface area contributed by atoms with E-state index in [9.17, 15) is 23.6 Å². The average Bonchev–Trinajstić information content (AvgIpc) is 3.08. The molecule has 5 rings (SSSR count). The van der Waals surface area contributed by atoms with Gasteiger partial charge in [0.15, 0.2) is 0 Å². The Kier molecular flexibility index (Phi) is 12.0. The highest BCUT2D eigenvalue weighted by atomic mass is 35.5. The largest absolute Gasteiger partial charge is 0.368 e. The number of nitrogens with zero attached hydrogens (tertiary/aromatic N) is 3. The Morgan fingerprint density at radius 3 is 2.10 bits per heavy atom. The van der Waals surface area contributed by atoms with E-state index in [4.69, 9.17) is 28.9 Å². The van der Waals surface area contributed by atoms with Crippen molar-refractivity contribution in [3.05, 3.63) is 141 Å². The Hall–Kier alpha value is -4.73. The molecule has 0 spiro atoms. The molecule has 1 saturated heterocycles. The lowest BCUT2D eigenvalue weighted by molar-refractivity contribution is -0.158. The molecule has 0 bridgehead atoms. The van der Waals surface area contributed by atoms with E-state index < -0.39 is 30.2 Å². The summed E-state index contributed by atoms with van der Waals surface area (Å²) in [5.74, 6) is -2.47. The molecule has 0 saturated carbocycles. The van der Waals surface area contributed by atoms with Crippen molar-refractivity contribution in [2.45, 2.75) is 37.8 Å². The van der Waals surface area contributed by atoms with Crippen molar-refractivity contribution in [3.8, 4) is 0 Å². The van der Waals surface area contributed by atoms with E-state index in [1.165, 1.54) is 39.0 Å². The highest BCUT2D eigenvalue weighted by Crippen LogP contribution is 2.30. The smallest absolute Gasteiger partial charge is 0.246 e. The van der Waals surface area contributed by atoms with E-state index in [2.05, 4.69) is 0 Å². The molecule has 4 aromatic rings. The zero-order chi connectivity index (χ0) is 34.9. The normalized spacial score (nSPS) is 14.7. The van der Waals surface area contributed by atoms with Crippen LogP contribution in [-0.4, -0.2) is 70.5 Å². The minimum atomic E-state index is -1.12. The van der Waals surface area contributed by atoms with E-state index in [0.29, 0.717) is 28.5 Å². The van der Waals surface area contributed by atoms with Gasteiger partial charge in [-0.15, -0.1) is 0 Å². The maximum Gasteiger partial charge on any atom is 0.246 e. The molecular weight excluding hydrogens is 666 g/mol. The minimum Gasteiger partial charge on any atom is -0.368 e. The number of rotatable bonds is 14. The number of carbonyl (C=O) groups is 4. The van der Waals surface area contributed by atoms with E-state index in [-0.39, 0.29) is 50.3 Å². The third kappa shape index (κ3) is 9.46. The van der Waals surface area contributed by atoms with Crippen LogP contribution in [0.2, 0.25) is 10.0 Å². The molecule has 4 aromatic carbocycles. The van der Waals surface area contributed by atoms with Gasteiger partial charge in [0.2, 0.25) is 23.6 Å². The number of piperazine rings is 1. The van der Waals surface area contributed by atoms with Crippen molar-refractivity contribution >= 4 is 46.8 Å². The summed E-state index contributed by atoms with van der Waals surface area (Å²) in [6.07, 6.45) is 0.509. The van der Waals surface area contributed by atoms with E-state index >= 15 is 0 Å². The predicted molar refractivity (Wildman–Crippen MR) is 187 cm³/mol. The average molecular weight is 704 g/mol. The molecule has 0 aliphatic carbocycles. The van der Waals surface area contributed by atoms with Crippen molar-refractivity contribution in [1.29, 1.82) is 0 Å². The van der Waals surface area contributed by atoms with Gasteiger partial charge in [0, 0.05) is 35.6 Å². The quantitative estimate of drug-likeness (QED) is 0.178. The molecule has 1 unspecified atom stereocenters. The first-order valence-corrected chi connectivity index (χ1v) is 16.8. The molecule has 4 amide bonds. The maximum absolute atomic E-state index is 14.2. The molecule has 1 aliphatic rings. The molecule has 8 nitrogen and oxygen atoms in total. The summed E-state index contributed by atoms with van der Waals surface area (Å²) < 4.78 is 13.6. The first-order valence-electron chi connectivity index (χ1n) is 16.0. The van der Waals surface area contributed by atoms with Gasteiger partial charge < -0.3 is 20.4 Å². The van der Waals surface area contributed by atoms with Crippen LogP contribution >= 0.6 is 23.2 Å². The Morgan fingerprint density at radius 1 is 0.878 bits per heavy atom. The Morgan fingerprint density at radius 2 is 1.51 bits per heavy atom. The molecule has 1 fully saturated rings. The minimum absolute atomic E-state index is 0.0280. The molecule has 1 heterocycles. The fourth-order valence-corrected chi connectivity index (χ4v) is 6.69. The second-order valence-corrected chi connectivity index (χ2v) is 12.9. The van der Waals surface area contributed by atoms with Crippen LogP contribution in [-0.2, 0) is 32.1 Å². The van der Waals surface area contributed by atoms with Gasteiger partial charge in [-0.3, -0.25) is 19.2 Å². The van der Waals surface area contributed by atoms with Gasteiger partial charge in [-0.05, 0) is 59.4 Å². The fraction of sp³-hybridized carbons (Fsp3) is 0.263. The van der Waals surface area contributed by atoms with Crippen LogP contribution in [0.4, 0.5) is 4.39 Å². The molecule has 0 aromatic heterocycles. The standard InChI is InChI=1S/C38H37Cl2FN4O4/c39-30-14-13-29(33(40)21-30)17-19-43-25-37(48)45(20-18-32(27-7-3-1-4-8-27)28-9-5-2-6-10-28)34(38(43)49)22-36(47)44(24-35(42)46)23-26-11-15-31(41)16-12-26/h1-16,21,32,34H,17-20,22-25H2,(H2,42,46). The summed E-state index contributed by atoms with van der Waals surface area (Å²) in [5, 5.41) is 0.935. The summed E-state index contributed by atoms with van der Waals surface area (Å²) in [5.41, 5.74) is 8.96. The summed E-state index contributed by atoms with van der Waals surface area (Å²) in [4.78, 5) is 58.1. The van der Waals surface area contributed by atoms with Crippen molar-refractivity contribution in [2.75, 3.05) is 26.2 Å². The fourth-order valence-electron chi connectivity index (χ4n) is 6.19. The SMILES string of the molecule is NC(=O)CN(Cc1ccc(F)cc1)C(=O)CC1C(=O)N(CCc2ccc(Cl)cc2Cl)CC(=O)N1CCC(c1ccccc1)c1ccccc1. The van der Waals surface area contributed by atoms with Crippen LogP contribution in [0.25, 0.3) is 0 Å². The third-order valence-electron chi connectivity index (χ3n) is 8.70. The number of amides is 4. The van der Waals surface area contributed by atoms with Crippen molar-refractivity contribution in [2.24, 2.45) is 5.73 Å². The van der Waals surface area contributed by atoms with E-state index in [0.717, 1.165) is 16.7 Å². The van der Waals surface area contributed by atoms with Crippen LogP contribution in [0.1, 0.15) is 41.0 Å². The number of benzene rings is 4. The second kappa shape index (κ2) is 16.6. The van der Waals surface area contributed by atoms with Crippen LogP contribution in [0, 0.1) is 5.82 Å². The molecular formula is C38H37Cl2FN4O4. The Balaban J connectivity index is 1.41. The maximum atomic E-state index is 14.2. The van der Waals surface area contributed by atoms with Gasteiger partial charge in [-0.1, -0.05) is 102 Å². The van der Waals surface area contributed by atoms with Crippen LogP contribution in [0.5, 0.6) is 0 Å². The lowest BCUT2D eigenvalue weighted by Crippen LogP contribution is -2.61. The number of hydrogen-bond donors (Lipinski definition) is 1. The Labute approximate surface area is 295 Å². The summed E-state index contributed by atoms with van der Waals surface area (Å²) in [7, 11) is 0. The summed E-state index contributed by atoms with van der Waals surface area (Å²) in [6, 6.07) is 29.4. The van der Waals surface area contributed by atoms with E-state index in [1.54, 1.807) is 18.2 Å². The van der Waals surface area contributed by atoms with Crippen LogP contribution in [0.3, 0.4) is 0 Å². The topological polar surface area (TPSA) is 104 Å². The summed E-state index contributed by atoms with van der Waals surface area (Å²) in [6.45, 7) is -0.187. The molecule has 11 heteroatoms. The van der Waals surface area contributed by atoms with Gasteiger partial charge in [-0.25, -0.2) is 4.39 Å². The van der Waals surface area contributed by atoms with Crippen molar-refractivity contribution in [1.82, 2.24) is 14.7 Å². The number of halogens is 3. The Bertz CT molecular complexity index is 1740. The number of primary amides is 1. The van der Waals surface area contributed by atoms with E-state index in [1.807, 2.05) is 60.7 Å². The highest BCUT2D eigenvalue weighted by Gasteiger charge is 2.41. The molecule has 1 atom stereocenters. The highest BCUT2D eigenvalue weighted by molar-refractivity contribution is 6.35.